The number of hydrogen-bond acceptors (Lipinski definition) is 4. The Bertz CT molecular complexity index is 909. The van der Waals surface area contributed by atoms with Gasteiger partial charge >= 0.3 is 5.76 Å². The van der Waals surface area contributed by atoms with E-state index in [0.717, 1.165) is 19.4 Å². The molecule has 1 aromatic carbocycles. The van der Waals surface area contributed by atoms with Crippen molar-refractivity contribution in [3.8, 4) is 0 Å². The summed E-state index contributed by atoms with van der Waals surface area (Å²) in [4.78, 5) is 26.6. The minimum atomic E-state index is -0.493. The van der Waals surface area contributed by atoms with E-state index < -0.39 is 5.76 Å². The third kappa shape index (κ3) is 2.62. The molecule has 0 unspecified atom stereocenters. The van der Waals surface area contributed by atoms with Crippen molar-refractivity contribution in [1.29, 1.82) is 0 Å². The summed E-state index contributed by atoms with van der Waals surface area (Å²) >= 11 is 0. The van der Waals surface area contributed by atoms with Gasteiger partial charge in [0.05, 0.1) is 18.1 Å². The maximum atomic E-state index is 12.7. The van der Waals surface area contributed by atoms with Crippen LogP contribution in [-0.2, 0) is 17.9 Å². The van der Waals surface area contributed by atoms with Gasteiger partial charge in [-0.3, -0.25) is 14.0 Å². The molecular formula is C17H18N4O3. The van der Waals surface area contributed by atoms with Crippen molar-refractivity contribution in [3.05, 3.63) is 53.3 Å². The molecule has 1 saturated heterocycles. The van der Waals surface area contributed by atoms with Crippen LogP contribution in [0, 0.1) is 0 Å². The Balaban J connectivity index is 1.54. The SMILES string of the molecule is O=C(Cn1c(=O)oc2ccccc21)N1CCC[C@H]1Cn1cccn1. The molecule has 1 aliphatic rings. The molecule has 1 atom stereocenters. The number of amides is 1. The maximum absolute atomic E-state index is 12.7. The zero-order valence-corrected chi connectivity index (χ0v) is 13.2. The standard InChI is InChI=1S/C17H18N4O3/c22-16(12-21-14-6-1-2-7-15(14)24-17(21)23)20-10-3-5-13(20)11-19-9-4-8-18-19/h1-2,4,6-9,13H,3,5,10-12H2/t13-/m0/s1. The molecule has 4 rings (SSSR count). The summed E-state index contributed by atoms with van der Waals surface area (Å²) in [6, 6.07) is 9.14. The molecule has 0 aliphatic carbocycles. The molecular weight excluding hydrogens is 308 g/mol. The molecule has 0 saturated carbocycles. The largest absolute Gasteiger partial charge is 0.420 e. The van der Waals surface area contributed by atoms with Gasteiger partial charge in [-0.25, -0.2) is 4.79 Å². The molecule has 2 aromatic heterocycles. The van der Waals surface area contributed by atoms with Crippen molar-refractivity contribution in [1.82, 2.24) is 19.2 Å². The van der Waals surface area contributed by atoms with Crippen molar-refractivity contribution in [2.24, 2.45) is 0 Å². The highest BCUT2D eigenvalue weighted by atomic mass is 16.4. The molecule has 3 heterocycles. The second-order valence-corrected chi connectivity index (χ2v) is 6.03. The maximum Gasteiger partial charge on any atom is 0.420 e. The van der Waals surface area contributed by atoms with Gasteiger partial charge in [-0.15, -0.1) is 0 Å². The van der Waals surface area contributed by atoms with Crippen LogP contribution in [-0.4, -0.2) is 37.7 Å². The molecule has 24 heavy (non-hydrogen) atoms. The summed E-state index contributed by atoms with van der Waals surface area (Å²) in [5.74, 6) is -0.550. The molecule has 0 bridgehead atoms. The molecule has 1 aliphatic heterocycles. The van der Waals surface area contributed by atoms with Gasteiger partial charge in [-0.05, 0) is 31.0 Å². The van der Waals surface area contributed by atoms with Crippen LogP contribution in [0.2, 0.25) is 0 Å². The fraction of sp³-hybridized carbons (Fsp3) is 0.353. The number of aromatic nitrogens is 3. The third-order valence-corrected chi connectivity index (χ3v) is 4.52. The first kappa shape index (κ1) is 14.7. The average molecular weight is 326 g/mol. The predicted molar refractivity (Wildman–Crippen MR) is 87.4 cm³/mol. The summed E-state index contributed by atoms with van der Waals surface area (Å²) in [5.41, 5.74) is 1.16. The topological polar surface area (TPSA) is 73.3 Å². The Morgan fingerprint density at radius 2 is 2.17 bits per heavy atom. The molecule has 1 fully saturated rings. The first-order valence-corrected chi connectivity index (χ1v) is 8.07. The van der Waals surface area contributed by atoms with Crippen LogP contribution in [0.3, 0.4) is 0 Å². The van der Waals surface area contributed by atoms with Crippen LogP contribution >= 0.6 is 0 Å². The number of hydrogen-bond donors (Lipinski definition) is 0. The predicted octanol–water partition coefficient (Wildman–Crippen LogP) is 1.48. The highest BCUT2D eigenvalue weighted by Gasteiger charge is 2.29. The van der Waals surface area contributed by atoms with E-state index in [0.29, 0.717) is 17.6 Å². The lowest BCUT2D eigenvalue weighted by Crippen LogP contribution is -2.41. The minimum Gasteiger partial charge on any atom is -0.408 e. The first-order valence-electron chi connectivity index (χ1n) is 8.07. The van der Waals surface area contributed by atoms with E-state index >= 15 is 0 Å². The van der Waals surface area contributed by atoms with Gasteiger partial charge in [-0.2, -0.15) is 5.10 Å². The monoisotopic (exact) mass is 326 g/mol. The second-order valence-electron chi connectivity index (χ2n) is 6.03. The van der Waals surface area contributed by atoms with E-state index in [4.69, 9.17) is 4.42 Å². The lowest BCUT2D eigenvalue weighted by molar-refractivity contribution is -0.132. The van der Waals surface area contributed by atoms with Crippen LogP contribution in [0.15, 0.2) is 51.9 Å². The molecule has 124 valence electrons. The Kier molecular flexibility index (Phi) is 3.68. The molecule has 0 spiro atoms. The number of oxazole rings is 1. The zero-order chi connectivity index (χ0) is 16.5. The molecule has 7 nitrogen and oxygen atoms in total. The number of fused-ring (bicyclic) bond motifs is 1. The number of rotatable bonds is 4. The van der Waals surface area contributed by atoms with E-state index in [1.165, 1.54) is 4.57 Å². The minimum absolute atomic E-state index is 0.00541. The van der Waals surface area contributed by atoms with Gasteiger partial charge in [0.1, 0.15) is 6.54 Å². The zero-order valence-electron chi connectivity index (χ0n) is 13.2. The lowest BCUT2D eigenvalue weighted by atomic mass is 10.2. The smallest absolute Gasteiger partial charge is 0.408 e. The summed E-state index contributed by atoms with van der Waals surface area (Å²) in [6.45, 7) is 1.40. The van der Waals surface area contributed by atoms with Crippen molar-refractivity contribution in [3.63, 3.8) is 0 Å². The van der Waals surface area contributed by atoms with Crippen LogP contribution in [0.1, 0.15) is 12.8 Å². The number of carbonyl (C=O) groups excluding carboxylic acids is 1. The molecule has 3 aromatic rings. The van der Waals surface area contributed by atoms with Crippen LogP contribution in [0.5, 0.6) is 0 Å². The van der Waals surface area contributed by atoms with Crippen LogP contribution in [0.25, 0.3) is 11.1 Å². The molecule has 0 radical (unpaired) electrons. The second kappa shape index (κ2) is 5.99. The Hall–Kier alpha value is -2.83. The number of para-hydroxylation sites is 2. The van der Waals surface area contributed by atoms with Gasteiger partial charge in [0.25, 0.3) is 0 Å². The number of benzene rings is 1. The number of nitrogens with zero attached hydrogens (tertiary/aromatic N) is 4. The Morgan fingerprint density at radius 1 is 1.29 bits per heavy atom. The van der Waals surface area contributed by atoms with Crippen LogP contribution in [0.4, 0.5) is 0 Å². The number of likely N-dealkylation sites (tertiary alicyclic amines) is 1. The van der Waals surface area contributed by atoms with Crippen LogP contribution < -0.4 is 5.76 Å². The summed E-state index contributed by atoms with van der Waals surface area (Å²) < 4.78 is 8.44. The third-order valence-electron chi connectivity index (χ3n) is 4.52. The van der Waals surface area contributed by atoms with Gasteiger partial charge in [-0.1, -0.05) is 12.1 Å². The molecule has 0 N–H and O–H groups in total. The molecule has 7 heteroatoms. The lowest BCUT2D eigenvalue weighted by Gasteiger charge is -2.24. The van der Waals surface area contributed by atoms with Crippen molar-refractivity contribution in [2.45, 2.75) is 32.0 Å². The van der Waals surface area contributed by atoms with Crippen molar-refractivity contribution >= 4 is 17.0 Å². The Morgan fingerprint density at radius 3 is 3.00 bits per heavy atom. The normalized spacial score (nSPS) is 17.7. The quantitative estimate of drug-likeness (QED) is 0.728. The van der Waals surface area contributed by atoms with E-state index in [9.17, 15) is 9.59 Å². The van der Waals surface area contributed by atoms with E-state index in [-0.39, 0.29) is 18.5 Å². The van der Waals surface area contributed by atoms with Crippen molar-refractivity contribution in [2.75, 3.05) is 6.54 Å². The first-order chi connectivity index (χ1) is 11.7. The van der Waals surface area contributed by atoms with Gasteiger partial charge in [0.15, 0.2) is 5.58 Å². The number of carbonyl (C=O) groups is 1. The highest BCUT2D eigenvalue weighted by molar-refractivity contribution is 5.80. The summed E-state index contributed by atoms with van der Waals surface area (Å²) in [6.07, 6.45) is 5.55. The average Bonchev–Trinajstić information content (AvgIpc) is 3.30. The fourth-order valence-corrected chi connectivity index (χ4v) is 3.37. The summed E-state index contributed by atoms with van der Waals surface area (Å²) in [5, 5.41) is 4.21. The fourth-order valence-electron chi connectivity index (χ4n) is 3.37. The van der Waals surface area contributed by atoms with Gasteiger partial charge in [0.2, 0.25) is 5.91 Å². The molecule has 1 amide bonds. The van der Waals surface area contributed by atoms with Crippen molar-refractivity contribution < 1.29 is 9.21 Å². The van der Waals surface area contributed by atoms with Gasteiger partial charge < -0.3 is 9.32 Å². The van der Waals surface area contributed by atoms with E-state index in [2.05, 4.69) is 5.10 Å². The van der Waals surface area contributed by atoms with Gasteiger partial charge in [0, 0.05) is 18.9 Å². The van der Waals surface area contributed by atoms with E-state index in [1.807, 2.05) is 27.9 Å². The summed E-state index contributed by atoms with van der Waals surface area (Å²) in [7, 11) is 0. The highest BCUT2D eigenvalue weighted by Crippen LogP contribution is 2.20. The Labute approximate surface area is 138 Å². The van der Waals surface area contributed by atoms with E-state index in [1.54, 1.807) is 24.4 Å².